The summed E-state index contributed by atoms with van der Waals surface area (Å²) in [7, 11) is 0. The molecule has 4 rings (SSSR count). The van der Waals surface area contributed by atoms with Gasteiger partial charge in [-0.25, -0.2) is 4.98 Å². The highest BCUT2D eigenvalue weighted by molar-refractivity contribution is 6.13. The van der Waals surface area contributed by atoms with Gasteiger partial charge in [0.2, 0.25) is 0 Å². The predicted molar refractivity (Wildman–Crippen MR) is 111 cm³/mol. The molecule has 0 aliphatic heterocycles. The number of fused-ring (bicyclic) bond motifs is 2. The Hall–Kier alpha value is -2.94. The van der Waals surface area contributed by atoms with Crippen LogP contribution in [-0.4, -0.2) is 23.1 Å². The van der Waals surface area contributed by atoms with Crippen molar-refractivity contribution in [1.29, 1.82) is 0 Å². The van der Waals surface area contributed by atoms with Crippen LogP contribution in [0.2, 0.25) is 0 Å². The van der Waals surface area contributed by atoms with E-state index < -0.39 is 0 Å². The molecule has 0 amide bonds. The lowest BCUT2D eigenvalue weighted by Crippen LogP contribution is -2.22. The van der Waals surface area contributed by atoms with Crippen molar-refractivity contribution in [3.8, 4) is 11.1 Å². The van der Waals surface area contributed by atoms with Crippen molar-refractivity contribution >= 4 is 27.5 Å². The van der Waals surface area contributed by atoms with Gasteiger partial charge in [-0.2, -0.15) is 0 Å². The van der Waals surface area contributed by atoms with Crippen LogP contribution in [0.15, 0.2) is 60.9 Å². The lowest BCUT2D eigenvalue weighted by atomic mass is 9.93. The topological polar surface area (TPSA) is 29.0 Å². The van der Waals surface area contributed by atoms with E-state index in [0.717, 1.165) is 24.1 Å². The maximum atomic E-state index is 5.08. The maximum Gasteiger partial charge on any atom is 0.0951 e. The molecule has 0 bridgehead atoms. The minimum absolute atomic E-state index is 0.966. The minimum atomic E-state index is 0.966. The monoisotopic (exact) mass is 341 g/mol. The zero-order chi connectivity index (χ0) is 18.1. The molecule has 0 atom stereocenters. The van der Waals surface area contributed by atoms with Gasteiger partial charge in [0.15, 0.2) is 0 Å². The van der Waals surface area contributed by atoms with Gasteiger partial charge in [0.25, 0.3) is 0 Å². The summed E-state index contributed by atoms with van der Waals surface area (Å²) in [6.07, 6.45) is 3.72. The van der Waals surface area contributed by atoms with Crippen LogP contribution in [0.1, 0.15) is 19.4 Å². The fraction of sp³-hybridized carbons (Fsp3) is 0.217. The number of pyridine rings is 2. The molecule has 2 aromatic carbocycles. The van der Waals surface area contributed by atoms with Gasteiger partial charge in [0, 0.05) is 41.8 Å². The highest BCUT2D eigenvalue weighted by Crippen LogP contribution is 2.39. The summed E-state index contributed by atoms with van der Waals surface area (Å²) in [6.45, 7) is 8.50. The Morgan fingerprint density at radius 1 is 0.885 bits per heavy atom. The molecular formula is C23H23N3. The molecule has 2 aromatic heterocycles. The van der Waals surface area contributed by atoms with E-state index >= 15 is 0 Å². The number of benzene rings is 2. The Morgan fingerprint density at radius 2 is 1.62 bits per heavy atom. The van der Waals surface area contributed by atoms with Crippen molar-refractivity contribution < 1.29 is 0 Å². The van der Waals surface area contributed by atoms with Crippen LogP contribution >= 0.6 is 0 Å². The highest BCUT2D eigenvalue weighted by Gasteiger charge is 2.17. The van der Waals surface area contributed by atoms with Crippen molar-refractivity contribution in [2.24, 2.45) is 0 Å². The Kier molecular flexibility index (Phi) is 4.29. The summed E-state index contributed by atoms with van der Waals surface area (Å²) < 4.78 is 0. The zero-order valence-electron chi connectivity index (χ0n) is 15.5. The van der Waals surface area contributed by atoms with Crippen LogP contribution in [0.3, 0.4) is 0 Å². The molecule has 0 saturated carbocycles. The number of hydrogen-bond acceptors (Lipinski definition) is 3. The first-order chi connectivity index (χ1) is 12.7. The third kappa shape index (κ3) is 2.60. The first-order valence-corrected chi connectivity index (χ1v) is 9.22. The van der Waals surface area contributed by atoms with Crippen molar-refractivity contribution in [3.63, 3.8) is 0 Å². The number of hydrogen-bond donors (Lipinski definition) is 0. The maximum absolute atomic E-state index is 5.08. The number of aromatic nitrogens is 2. The SMILES string of the molecule is CCN(CC)c1ccc(C)c2c(-c3ccncc3)c3ccccc3nc12. The molecule has 2 heterocycles. The number of nitrogens with zero attached hydrogens (tertiary/aromatic N) is 3. The molecule has 0 unspecified atom stereocenters. The summed E-state index contributed by atoms with van der Waals surface area (Å²) in [5.74, 6) is 0. The van der Waals surface area contributed by atoms with Crippen LogP contribution in [0.25, 0.3) is 32.9 Å². The summed E-state index contributed by atoms with van der Waals surface area (Å²) in [6, 6.07) is 17.0. The first kappa shape index (κ1) is 16.5. The van der Waals surface area contributed by atoms with Crippen LogP contribution in [-0.2, 0) is 0 Å². The normalized spacial score (nSPS) is 11.2. The first-order valence-electron chi connectivity index (χ1n) is 9.22. The summed E-state index contributed by atoms with van der Waals surface area (Å²) in [4.78, 5) is 11.7. The third-order valence-corrected chi connectivity index (χ3v) is 5.09. The van der Waals surface area contributed by atoms with E-state index in [1.54, 1.807) is 0 Å². The largest absolute Gasteiger partial charge is 0.370 e. The van der Waals surface area contributed by atoms with Gasteiger partial charge in [-0.05, 0) is 56.2 Å². The third-order valence-electron chi connectivity index (χ3n) is 5.09. The van der Waals surface area contributed by atoms with Crippen molar-refractivity contribution in [3.05, 3.63) is 66.5 Å². The molecule has 0 fully saturated rings. The summed E-state index contributed by atoms with van der Waals surface area (Å²) in [5, 5.41) is 2.42. The fourth-order valence-corrected chi connectivity index (χ4v) is 3.79. The van der Waals surface area contributed by atoms with E-state index in [1.165, 1.54) is 33.2 Å². The number of aryl methyl sites for hydroxylation is 1. The van der Waals surface area contributed by atoms with E-state index in [4.69, 9.17) is 4.98 Å². The van der Waals surface area contributed by atoms with Crippen molar-refractivity contribution in [2.45, 2.75) is 20.8 Å². The zero-order valence-corrected chi connectivity index (χ0v) is 15.5. The minimum Gasteiger partial charge on any atom is -0.370 e. The molecule has 26 heavy (non-hydrogen) atoms. The van der Waals surface area contributed by atoms with Crippen molar-refractivity contribution in [1.82, 2.24) is 9.97 Å². The quantitative estimate of drug-likeness (QED) is 0.452. The standard InChI is InChI=1S/C23H23N3/c1-4-26(5-2)20-11-10-16(3)21-22(17-12-14-24-15-13-17)18-8-6-7-9-19(18)25-23(20)21/h6-15H,4-5H2,1-3H3. The van der Waals surface area contributed by atoms with Crippen LogP contribution in [0, 0.1) is 6.92 Å². The fourth-order valence-electron chi connectivity index (χ4n) is 3.79. The van der Waals surface area contributed by atoms with E-state index in [-0.39, 0.29) is 0 Å². The van der Waals surface area contributed by atoms with Crippen molar-refractivity contribution in [2.75, 3.05) is 18.0 Å². The molecule has 0 N–H and O–H groups in total. The highest BCUT2D eigenvalue weighted by atomic mass is 15.1. The lowest BCUT2D eigenvalue weighted by molar-refractivity contribution is 0.869. The van der Waals surface area contributed by atoms with Gasteiger partial charge in [-0.15, -0.1) is 0 Å². The molecule has 0 saturated heterocycles. The molecule has 3 heteroatoms. The molecule has 0 spiro atoms. The lowest BCUT2D eigenvalue weighted by Gasteiger charge is -2.24. The van der Waals surface area contributed by atoms with Gasteiger partial charge in [0.1, 0.15) is 0 Å². The molecule has 130 valence electrons. The summed E-state index contributed by atoms with van der Waals surface area (Å²) in [5.41, 5.74) is 7.01. The molecule has 4 aromatic rings. The van der Waals surface area contributed by atoms with E-state index in [2.05, 4.69) is 79.2 Å². The van der Waals surface area contributed by atoms with Crippen LogP contribution in [0.5, 0.6) is 0 Å². The van der Waals surface area contributed by atoms with Gasteiger partial charge >= 0.3 is 0 Å². The smallest absolute Gasteiger partial charge is 0.0951 e. The Labute approximate surface area is 154 Å². The molecule has 0 aliphatic rings. The average molecular weight is 341 g/mol. The van der Waals surface area contributed by atoms with Gasteiger partial charge in [0.05, 0.1) is 16.7 Å². The molecule has 0 radical (unpaired) electrons. The van der Waals surface area contributed by atoms with E-state index in [1.807, 2.05) is 12.4 Å². The second-order valence-corrected chi connectivity index (χ2v) is 6.54. The molecule has 3 nitrogen and oxygen atoms in total. The molecule has 0 aliphatic carbocycles. The Morgan fingerprint density at radius 3 is 2.35 bits per heavy atom. The summed E-state index contributed by atoms with van der Waals surface area (Å²) >= 11 is 0. The number of para-hydroxylation sites is 1. The van der Waals surface area contributed by atoms with Gasteiger partial charge < -0.3 is 4.90 Å². The Balaban J connectivity index is 2.20. The second-order valence-electron chi connectivity index (χ2n) is 6.54. The number of anilines is 1. The Bertz CT molecular complexity index is 1070. The predicted octanol–water partition coefficient (Wildman–Crippen LogP) is 5.60. The van der Waals surface area contributed by atoms with Crippen LogP contribution < -0.4 is 4.90 Å². The van der Waals surface area contributed by atoms with Gasteiger partial charge in [-0.1, -0.05) is 24.3 Å². The number of rotatable bonds is 4. The molecular weight excluding hydrogens is 318 g/mol. The van der Waals surface area contributed by atoms with Crippen LogP contribution in [0.4, 0.5) is 5.69 Å². The van der Waals surface area contributed by atoms with E-state index in [0.29, 0.717) is 0 Å². The van der Waals surface area contributed by atoms with Gasteiger partial charge in [-0.3, -0.25) is 4.98 Å². The van der Waals surface area contributed by atoms with E-state index in [9.17, 15) is 0 Å². The second kappa shape index (κ2) is 6.75. The average Bonchev–Trinajstić information content (AvgIpc) is 2.69.